The quantitative estimate of drug-likeness (QED) is 0.892. The molecule has 1 N–H and O–H groups in total. The molecule has 0 aliphatic carbocycles. The van der Waals surface area contributed by atoms with E-state index in [1.807, 2.05) is 27.1 Å². The Bertz CT molecular complexity index is 610. The average Bonchev–Trinajstić information content (AvgIpc) is 2.46. The van der Waals surface area contributed by atoms with Crippen LogP contribution in [0.4, 0.5) is 10.1 Å². The van der Waals surface area contributed by atoms with Crippen LogP contribution >= 0.6 is 0 Å². The summed E-state index contributed by atoms with van der Waals surface area (Å²) in [5.74, 6) is -0.162. The van der Waals surface area contributed by atoms with Gasteiger partial charge in [-0.1, -0.05) is 35.9 Å². The zero-order chi connectivity index (χ0) is 15.4. The largest absolute Gasteiger partial charge is 0.370 e. The van der Waals surface area contributed by atoms with E-state index >= 15 is 0 Å². The Kier molecular flexibility index (Phi) is 4.97. The number of hydrogen-bond donors (Lipinski definition) is 1. The summed E-state index contributed by atoms with van der Waals surface area (Å²) >= 11 is 0. The first kappa shape index (κ1) is 15.5. The average molecular weight is 286 g/mol. The molecule has 0 aromatic heterocycles. The molecule has 0 fully saturated rings. The molecule has 1 unspecified atom stereocenters. The van der Waals surface area contributed by atoms with E-state index < -0.39 is 0 Å². The van der Waals surface area contributed by atoms with Gasteiger partial charge < -0.3 is 10.2 Å². The predicted molar refractivity (Wildman–Crippen MR) is 87.2 cm³/mol. The Morgan fingerprint density at radius 3 is 2.57 bits per heavy atom. The normalized spacial score (nSPS) is 12.2. The van der Waals surface area contributed by atoms with Gasteiger partial charge in [-0.3, -0.25) is 0 Å². The highest BCUT2D eigenvalue weighted by Crippen LogP contribution is 2.29. The van der Waals surface area contributed by atoms with Crippen molar-refractivity contribution in [2.24, 2.45) is 0 Å². The van der Waals surface area contributed by atoms with Gasteiger partial charge in [0.25, 0.3) is 0 Å². The number of anilines is 1. The van der Waals surface area contributed by atoms with E-state index in [0.717, 1.165) is 17.8 Å². The van der Waals surface area contributed by atoms with Crippen molar-refractivity contribution >= 4 is 5.69 Å². The van der Waals surface area contributed by atoms with Crippen LogP contribution in [0.2, 0.25) is 0 Å². The summed E-state index contributed by atoms with van der Waals surface area (Å²) in [6.45, 7) is 4.82. The van der Waals surface area contributed by atoms with Crippen LogP contribution in [-0.4, -0.2) is 14.1 Å². The van der Waals surface area contributed by atoms with E-state index in [-0.39, 0.29) is 11.9 Å². The number of hydrogen-bond acceptors (Lipinski definition) is 2. The molecule has 0 heterocycles. The monoisotopic (exact) mass is 286 g/mol. The Hall–Kier alpha value is -1.87. The standard InChI is InChI=1S/C18H23FN2/c1-13-7-5-8-15(11-13)12-21(4)17-10-6-9-16(19)18(17)14(2)20-3/h5-11,14,20H,12H2,1-4H3. The SMILES string of the molecule is CNC(C)c1c(F)cccc1N(C)Cc1cccc(C)c1. The lowest BCUT2D eigenvalue weighted by molar-refractivity contribution is 0.560. The summed E-state index contributed by atoms with van der Waals surface area (Å²) in [5, 5.41) is 3.12. The predicted octanol–water partition coefficient (Wildman–Crippen LogP) is 4.05. The third kappa shape index (κ3) is 3.61. The fourth-order valence-corrected chi connectivity index (χ4v) is 2.60. The number of nitrogens with zero attached hydrogens (tertiary/aromatic N) is 1. The number of rotatable bonds is 5. The van der Waals surface area contributed by atoms with Crippen molar-refractivity contribution < 1.29 is 4.39 Å². The molecule has 0 aliphatic heterocycles. The minimum Gasteiger partial charge on any atom is -0.370 e. The molecule has 0 radical (unpaired) electrons. The molecule has 112 valence electrons. The van der Waals surface area contributed by atoms with Crippen molar-refractivity contribution in [2.75, 3.05) is 19.0 Å². The van der Waals surface area contributed by atoms with Gasteiger partial charge in [0.15, 0.2) is 0 Å². The van der Waals surface area contributed by atoms with Gasteiger partial charge in [0.2, 0.25) is 0 Å². The maximum Gasteiger partial charge on any atom is 0.130 e. The van der Waals surface area contributed by atoms with Crippen LogP contribution in [0.3, 0.4) is 0 Å². The molecule has 0 saturated heterocycles. The van der Waals surface area contributed by atoms with E-state index in [0.29, 0.717) is 0 Å². The summed E-state index contributed by atoms with van der Waals surface area (Å²) in [6.07, 6.45) is 0. The maximum absolute atomic E-state index is 14.2. The molecule has 0 amide bonds. The minimum atomic E-state index is -0.162. The molecule has 2 nitrogen and oxygen atoms in total. The van der Waals surface area contributed by atoms with Crippen molar-refractivity contribution in [1.29, 1.82) is 0 Å². The van der Waals surface area contributed by atoms with Crippen LogP contribution in [0.1, 0.15) is 29.7 Å². The van der Waals surface area contributed by atoms with Crippen molar-refractivity contribution in [1.82, 2.24) is 5.32 Å². The topological polar surface area (TPSA) is 15.3 Å². The zero-order valence-corrected chi connectivity index (χ0v) is 13.2. The van der Waals surface area contributed by atoms with Crippen LogP contribution in [0.15, 0.2) is 42.5 Å². The molecular weight excluding hydrogens is 263 g/mol. The molecule has 2 aromatic carbocycles. The van der Waals surface area contributed by atoms with Gasteiger partial charge in [0.05, 0.1) is 0 Å². The molecule has 0 aliphatic rings. The van der Waals surface area contributed by atoms with Crippen molar-refractivity contribution in [3.8, 4) is 0 Å². The smallest absolute Gasteiger partial charge is 0.130 e. The number of benzene rings is 2. The Morgan fingerprint density at radius 1 is 1.19 bits per heavy atom. The highest BCUT2D eigenvalue weighted by Gasteiger charge is 2.16. The van der Waals surface area contributed by atoms with Gasteiger partial charge in [-0.2, -0.15) is 0 Å². The molecule has 2 aromatic rings. The van der Waals surface area contributed by atoms with E-state index in [2.05, 4.69) is 41.4 Å². The number of nitrogens with one attached hydrogen (secondary N) is 1. The van der Waals surface area contributed by atoms with E-state index in [1.54, 1.807) is 6.07 Å². The van der Waals surface area contributed by atoms with Crippen molar-refractivity contribution in [3.05, 3.63) is 65.0 Å². The van der Waals surface area contributed by atoms with E-state index in [9.17, 15) is 4.39 Å². The Balaban J connectivity index is 2.31. The first-order valence-electron chi connectivity index (χ1n) is 7.25. The number of aryl methyl sites for hydroxylation is 1. The van der Waals surface area contributed by atoms with Gasteiger partial charge in [-0.05, 0) is 38.6 Å². The molecule has 0 bridgehead atoms. The van der Waals surface area contributed by atoms with Crippen molar-refractivity contribution in [2.45, 2.75) is 26.4 Å². The summed E-state index contributed by atoms with van der Waals surface area (Å²) in [6, 6.07) is 13.6. The highest BCUT2D eigenvalue weighted by molar-refractivity contribution is 5.55. The maximum atomic E-state index is 14.2. The second-order valence-corrected chi connectivity index (χ2v) is 5.53. The number of halogens is 1. The lowest BCUT2D eigenvalue weighted by atomic mass is 10.0. The fourth-order valence-electron chi connectivity index (χ4n) is 2.60. The Morgan fingerprint density at radius 2 is 1.90 bits per heavy atom. The van der Waals surface area contributed by atoms with Gasteiger partial charge in [-0.15, -0.1) is 0 Å². The van der Waals surface area contributed by atoms with Crippen LogP contribution in [0.25, 0.3) is 0 Å². The summed E-state index contributed by atoms with van der Waals surface area (Å²) in [5.41, 5.74) is 4.11. The first-order chi connectivity index (χ1) is 10.0. The third-order valence-electron chi connectivity index (χ3n) is 3.81. The minimum absolute atomic E-state index is 0.0267. The van der Waals surface area contributed by atoms with Crippen LogP contribution in [0, 0.1) is 12.7 Å². The van der Waals surface area contributed by atoms with Gasteiger partial charge in [0.1, 0.15) is 5.82 Å². The van der Waals surface area contributed by atoms with Gasteiger partial charge in [-0.25, -0.2) is 4.39 Å². The molecule has 2 rings (SSSR count). The van der Waals surface area contributed by atoms with E-state index in [1.165, 1.54) is 17.2 Å². The zero-order valence-electron chi connectivity index (χ0n) is 13.2. The first-order valence-corrected chi connectivity index (χ1v) is 7.25. The fraction of sp³-hybridized carbons (Fsp3) is 0.333. The molecule has 0 saturated carbocycles. The van der Waals surface area contributed by atoms with Crippen LogP contribution in [0.5, 0.6) is 0 Å². The summed E-state index contributed by atoms with van der Waals surface area (Å²) in [7, 11) is 3.85. The lowest BCUT2D eigenvalue weighted by Crippen LogP contribution is -2.22. The summed E-state index contributed by atoms with van der Waals surface area (Å²) < 4.78 is 14.2. The molecular formula is C18H23FN2. The van der Waals surface area contributed by atoms with Gasteiger partial charge in [0, 0.05) is 30.9 Å². The molecule has 0 spiro atoms. The molecule has 1 atom stereocenters. The summed E-state index contributed by atoms with van der Waals surface area (Å²) in [4.78, 5) is 2.10. The lowest BCUT2D eigenvalue weighted by Gasteiger charge is -2.25. The van der Waals surface area contributed by atoms with Crippen molar-refractivity contribution in [3.63, 3.8) is 0 Å². The second-order valence-electron chi connectivity index (χ2n) is 5.53. The van der Waals surface area contributed by atoms with Gasteiger partial charge >= 0.3 is 0 Å². The molecule has 21 heavy (non-hydrogen) atoms. The third-order valence-corrected chi connectivity index (χ3v) is 3.81. The highest BCUT2D eigenvalue weighted by atomic mass is 19.1. The molecule has 3 heteroatoms. The van der Waals surface area contributed by atoms with Crippen LogP contribution in [-0.2, 0) is 6.54 Å². The van der Waals surface area contributed by atoms with Crippen LogP contribution < -0.4 is 10.2 Å². The Labute approximate surface area is 126 Å². The van der Waals surface area contributed by atoms with E-state index in [4.69, 9.17) is 0 Å². The second kappa shape index (κ2) is 6.72.